The maximum atomic E-state index is 6.96. The number of benzene rings is 5. The van der Waals surface area contributed by atoms with Crippen LogP contribution in [0.3, 0.4) is 0 Å². The molecule has 0 bridgehead atoms. The summed E-state index contributed by atoms with van der Waals surface area (Å²) in [5.74, 6) is 1.90. The van der Waals surface area contributed by atoms with Crippen molar-refractivity contribution in [2.45, 2.75) is 12.3 Å². The highest BCUT2D eigenvalue weighted by atomic mass is 16.3. The number of furan rings is 1. The van der Waals surface area contributed by atoms with Crippen molar-refractivity contribution in [1.29, 1.82) is 0 Å². The molecule has 0 aliphatic heterocycles. The molecule has 1 heteroatoms. The first kappa shape index (κ1) is 20.6. The van der Waals surface area contributed by atoms with Crippen molar-refractivity contribution in [2.75, 3.05) is 0 Å². The van der Waals surface area contributed by atoms with E-state index >= 15 is 0 Å². The van der Waals surface area contributed by atoms with Gasteiger partial charge in [0.25, 0.3) is 0 Å². The monoisotopic (exact) mass is 472 g/mol. The van der Waals surface area contributed by atoms with Crippen LogP contribution in [-0.4, -0.2) is 0 Å². The molecule has 2 aliphatic rings. The Morgan fingerprint density at radius 3 is 1.73 bits per heavy atom. The van der Waals surface area contributed by atoms with Gasteiger partial charge in [-0.3, -0.25) is 0 Å². The van der Waals surface area contributed by atoms with Gasteiger partial charge in [-0.1, -0.05) is 133 Å². The van der Waals surface area contributed by atoms with Crippen LogP contribution in [0.4, 0.5) is 0 Å². The van der Waals surface area contributed by atoms with E-state index < -0.39 is 5.41 Å². The standard InChI is InChI=1S/C36H24O/c1-23-20-21-27-26-16-8-10-18-29(26)36(31(27)22-23)30-19-11-9-17-28(30)32-33(36)35(25-14-6-3-7-15-25)37-34(32)24-12-4-2-5-13-24/h2-22H,1H3. The summed E-state index contributed by atoms with van der Waals surface area (Å²) < 4.78 is 6.96. The molecule has 37 heavy (non-hydrogen) atoms. The summed E-state index contributed by atoms with van der Waals surface area (Å²) in [6, 6.07) is 46.0. The van der Waals surface area contributed by atoms with Gasteiger partial charge < -0.3 is 4.42 Å². The molecule has 174 valence electrons. The second-order valence-electron chi connectivity index (χ2n) is 10.1. The number of hydrogen-bond acceptors (Lipinski definition) is 1. The van der Waals surface area contributed by atoms with Crippen molar-refractivity contribution >= 4 is 0 Å². The summed E-state index contributed by atoms with van der Waals surface area (Å²) in [5, 5.41) is 0. The van der Waals surface area contributed by atoms with Crippen LogP contribution in [0.15, 0.2) is 132 Å². The lowest BCUT2D eigenvalue weighted by atomic mass is 9.69. The van der Waals surface area contributed by atoms with Gasteiger partial charge in [0.1, 0.15) is 11.5 Å². The van der Waals surface area contributed by atoms with Crippen LogP contribution >= 0.6 is 0 Å². The van der Waals surface area contributed by atoms with Crippen LogP contribution in [0.1, 0.15) is 27.8 Å². The average Bonchev–Trinajstić information content (AvgIpc) is 3.58. The van der Waals surface area contributed by atoms with Crippen LogP contribution in [-0.2, 0) is 5.41 Å². The molecule has 0 radical (unpaired) electrons. The zero-order valence-electron chi connectivity index (χ0n) is 20.5. The highest BCUT2D eigenvalue weighted by Gasteiger charge is 2.55. The molecule has 1 aromatic heterocycles. The number of aryl methyl sites for hydroxylation is 1. The van der Waals surface area contributed by atoms with Gasteiger partial charge in [-0.15, -0.1) is 0 Å². The second-order valence-corrected chi connectivity index (χ2v) is 10.1. The first-order valence-corrected chi connectivity index (χ1v) is 12.9. The van der Waals surface area contributed by atoms with Crippen LogP contribution in [0.2, 0.25) is 0 Å². The topological polar surface area (TPSA) is 13.1 Å². The molecular weight excluding hydrogens is 448 g/mol. The van der Waals surface area contributed by atoms with E-state index in [0.717, 1.165) is 22.6 Å². The molecule has 0 fully saturated rings. The minimum Gasteiger partial charge on any atom is -0.455 e. The van der Waals surface area contributed by atoms with Gasteiger partial charge >= 0.3 is 0 Å². The molecule has 0 saturated heterocycles. The molecule has 1 atom stereocenters. The molecule has 1 spiro atoms. The fraction of sp³-hybridized carbons (Fsp3) is 0.0556. The van der Waals surface area contributed by atoms with E-state index in [1.165, 1.54) is 50.1 Å². The van der Waals surface area contributed by atoms with E-state index in [1.54, 1.807) is 0 Å². The molecule has 0 N–H and O–H groups in total. The third-order valence-corrected chi connectivity index (χ3v) is 8.16. The van der Waals surface area contributed by atoms with Gasteiger partial charge in [0.05, 0.1) is 5.41 Å². The Balaban J connectivity index is 1.61. The Morgan fingerprint density at radius 2 is 1.03 bits per heavy atom. The SMILES string of the molecule is Cc1ccc2c(c1)C1(c3ccccc3-2)c2ccccc2-c2c(-c3ccccc3)oc(-c3ccccc3)c21. The smallest absolute Gasteiger partial charge is 0.142 e. The normalized spacial score (nSPS) is 16.4. The van der Waals surface area contributed by atoms with Gasteiger partial charge in [-0.05, 0) is 40.3 Å². The van der Waals surface area contributed by atoms with Gasteiger partial charge in [0, 0.05) is 22.3 Å². The van der Waals surface area contributed by atoms with E-state index in [-0.39, 0.29) is 0 Å². The summed E-state index contributed by atoms with van der Waals surface area (Å²) in [5.41, 5.74) is 13.4. The third kappa shape index (κ3) is 2.58. The van der Waals surface area contributed by atoms with Crippen LogP contribution in [0, 0.1) is 6.92 Å². The molecule has 2 aliphatic carbocycles. The zero-order chi connectivity index (χ0) is 24.6. The fourth-order valence-electron chi connectivity index (χ4n) is 6.75. The summed E-state index contributed by atoms with van der Waals surface area (Å²) in [4.78, 5) is 0. The zero-order valence-corrected chi connectivity index (χ0v) is 20.5. The molecule has 1 heterocycles. The first-order chi connectivity index (χ1) is 18.3. The number of hydrogen-bond donors (Lipinski definition) is 0. The molecular formula is C36H24O. The second kappa shape index (κ2) is 7.44. The van der Waals surface area contributed by atoms with Crippen molar-refractivity contribution in [3.63, 3.8) is 0 Å². The number of fused-ring (bicyclic) bond motifs is 10. The van der Waals surface area contributed by atoms with Crippen molar-refractivity contribution < 1.29 is 4.42 Å². The Hall–Kier alpha value is -4.62. The molecule has 0 saturated carbocycles. The van der Waals surface area contributed by atoms with Crippen molar-refractivity contribution in [3.8, 4) is 44.9 Å². The lowest BCUT2D eigenvalue weighted by Crippen LogP contribution is -2.26. The Bertz CT molecular complexity index is 1820. The summed E-state index contributed by atoms with van der Waals surface area (Å²) in [6.45, 7) is 2.20. The largest absolute Gasteiger partial charge is 0.455 e. The van der Waals surface area contributed by atoms with Gasteiger partial charge in [0.15, 0.2) is 0 Å². The van der Waals surface area contributed by atoms with Crippen molar-refractivity contribution in [2.24, 2.45) is 0 Å². The Kier molecular flexibility index (Phi) is 4.14. The minimum absolute atomic E-state index is 0.439. The Morgan fingerprint density at radius 1 is 0.486 bits per heavy atom. The quantitative estimate of drug-likeness (QED) is 0.244. The van der Waals surface area contributed by atoms with E-state index in [4.69, 9.17) is 4.42 Å². The van der Waals surface area contributed by atoms with Gasteiger partial charge in [0.2, 0.25) is 0 Å². The van der Waals surface area contributed by atoms with E-state index in [2.05, 4.69) is 134 Å². The van der Waals surface area contributed by atoms with E-state index in [0.29, 0.717) is 0 Å². The molecule has 1 unspecified atom stereocenters. The number of rotatable bonds is 2. The van der Waals surface area contributed by atoms with Crippen molar-refractivity contribution in [1.82, 2.24) is 0 Å². The lowest BCUT2D eigenvalue weighted by Gasteiger charge is -2.30. The fourth-order valence-corrected chi connectivity index (χ4v) is 6.75. The lowest BCUT2D eigenvalue weighted by molar-refractivity contribution is 0.588. The maximum Gasteiger partial charge on any atom is 0.142 e. The van der Waals surface area contributed by atoms with E-state index in [1.807, 2.05) is 0 Å². The van der Waals surface area contributed by atoms with Crippen molar-refractivity contribution in [3.05, 3.63) is 155 Å². The van der Waals surface area contributed by atoms with Gasteiger partial charge in [-0.2, -0.15) is 0 Å². The van der Waals surface area contributed by atoms with Crippen LogP contribution in [0.25, 0.3) is 44.9 Å². The predicted octanol–water partition coefficient (Wildman–Crippen LogP) is 9.27. The van der Waals surface area contributed by atoms with Crippen LogP contribution in [0.5, 0.6) is 0 Å². The molecule has 1 nitrogen and oxygen atoms in total. The highest BCUT2D eigenvalue weighted by Crippen LogP contribution is 2.66. The summed E-state index contributed by atoms with van der Waals surface area (Å²) in [6.07, 6.45) is 0. The van der Waals surface area contributed by atoms with E-state index in [9.17, 15) is 0 Å². The first-order valence-electron chi connectivity index (χ1n) is 12.9. The predicted molar refractivity (Wildman–Crippen MR) is 151 cm³/mol. The molecule has 0 amide bonds. The average molecular weight is 473 g/mol. The molecule has 6 aromatic rings. The third-order valence-electron chi connectivity index (χ3n) is 8.16. The minimum atomic E-state index is -0.439. The Labute approximate surface area is 216 Å². The molecule has 8 rings (SSSR count). The maximum absolute atomic E-state index is 6.96. The van der Waals surface area contributed by atoms with Gasteiger partial charge in [-0.25, -0.2) is 0 Å². The summed E-state index contributed by atoms with van der Waals surface area (Å²) in [7, 11) is 0. The summed E-state index contributed by atoms with van der Waals surface area (Å²) >= 11 is 0. The van der Waals surface area contributed by atoms with Crippen LogP contribution < -0.4 is 0 Å². The molecule has 5 aromatic carbocycles. The highest BCUT2D eigenvalue weighted by molar-refractivity contribution is 6.02.